The fraction of sp³-hybridized carbons (Fsp3) is 0.529. The maximum Gasteiger partial charge on any atom is 0.391 e. The number of ether oxygens (including phenoxy) is 2. The molecule has 0 saturated heterocycles. The Morgan fingerprint density at radius 2 is 1.10 bits per heavy atom. The molecule has 0 aliphatic heterocycles. The zero-order chi connectivity index (χ0) is 29.3. The Kier molecular flexibility index (Phi) is 14.0. The molecule has 0 amide bonds. The molecule has 3 rings (SSSR count). The molecule has 2 aromatic carbocycles. The third-order valence-corrected chi connectivity index (χ3v) is 7.33. The van der Waals surface area contributed by atoms with Crippen molar-refractivity contribution in [2.24, 2.45) is 5.92 Å². The van der Waals surface area contributed by atoms with Crippen molar-refractivity contribution >= 4 is 0 Å². The summed E-state index contributed by atoms with van der Waals surface area (Å²) < 4.78 is 51.6. The molecule has 224 valence electrons. The lowest BCUT2D eigenvalue weighted by atomic mass is 9.97. The minimum Gasteiger partial charge on any atom is -0.494 e. The zero-order valence-electron chi connectivity index (χ0n) is 24.6. The largest absolute Gasteiger partial charge is 0.494 e. The SMILES string of the molecule is CCCCCCCCOc1cnc(-c2ccc(-c3ccc(OCCC(CCCCCC)C(F)(F)F)cc3)cc2)nc1. The van der Waals surface area contributed by atoms with E-state index in [1.165, 1.54) is 32.1 Å². The highest BCUT2D eigenvalue weighted by Gasteiger charge is 2.38. The Morgan fingerprint density at radius 3 is 1.71 bits per heavy atom. The number of hydrogen-bond donors (Lipinski definition) is 0. The van der Waals surface area contributed by atoms with Gasteiger partial charge in [-0.2, -0.15) is 13.2 Å². The van der Waals surface area contributed by atoms with E-state index in [0.717, 1.165) is 42.4 Å². The number of alkyl halides is 3. The molecule has 0 aliphatic carbocycles. The molecule has 0 saturated carbocycles. The topological polar surface area (TPSA) is 44.2 Å². The predicted octanol–water partition coefficient (Wildman–Crippen LogP) is 10.5. The minimum atomic E-state index is -4.18. The van der Waals surface area contributed by atoms with Crippen molar-refractivity contribution in [3.8, 4) is 34.0 Å². The van der Waals surface area contributed by atoms with Crippen molar-refractivity contribution in [2.75, 3.05) is 13.2 Å². The molecule has 1 atom stereocenters. The van der Waals surface area contributed by atoms with Gasteiger partial charge in [-0.05, 0) is 42.5 Å². The maximum absolute atomic E-state index is 13.4. The van der Waals surface area contributed by atoms with E-state index < -0.39 is 12.1 Å². The van der Waals surface area contributed by atoms with Crippen molar-refractivity contribution in [3.05, 3.63) is 60.9 Å². The quantitative estimate of drug-likeness (QED) is 0.135. The molecule has 41 heavy (non-hydrogen) atoms. The minimum absolute atomic E-state index is 0.0207. The smallest absolute Gasteiger partial charge is 0.391 e. The summed E-state index contributed by atoms with van der Waals surface area (Å²) in [6.45, 7) is 5.01. The Labute approximate surface area is 243 Å². The third-order valence-electron chi connectivity index (χ3n) is 7.33. The number of aromatic nitrogens is 2. The van der Waals surface area contributed by atoms with Gasteiger partial charge < -0.3 is 9.47 Å². The number of hydrogen-bond acceptors (Lipinski definition) is 4. The van der Waals surface area contributed by atoms with Crippen LogP contribution in [-0.4, -0.2) is 29.4 Å². The summed E-state index contributed by atoms with van der Waals surface area (Å²) in [5, 5.41) is 0. The van der Waals surface area contributed by atoms with Gasteiger partial charge in [0.25, 0.3) is 0 Å². The van der Waals surface area contributed by atoms with Crippen molar-refractivity contribution in [1.29, 1.82) is 0 Å². The molecule has 0 N–H and O–H groups in total. The summed E-state index contributed by atoms with van der Waals surface area (Å²) in [5.74, 6) is 0.580. The highest BCUT2D eigenvalue weighted by atomic mass is 19.4. The van der Waals surface area contributed by atoms with Crippen LogP contribution in [0.4, 0.5) is 13.2 Å². The first-order chi connectivity index (χ1) is 19.9. The molecule has 7 heteroatoms. The fourth-order valence-corrected chi connectivity index (χ4v) is 4.78. The first kappa shape index (κ1) is 32.4. The second-order valence-electron chi connectivity index (χ2n) is 10.7. The van der Waals surface area contributed by atoms with Gasteiger partial charge in [0, 0.05) is 5.56 Å². The summed E-state index contributed by atoms with van der Waals surface area (Å²) in [6, 6.07) is 15.4. The van der Waals surface area contributed by atoms with Crippen LogP contribution in [-0.2, 0) is 0 Å². The molecule has 1 unspecified atom stereocenters. The van der Waals surface area contributed by atoms with Crippen LogP contribution in [0.5, 0.6) is 11.5 Å². The number of benzene rings is 2. The predicted molar refractivity (Wildman–Crippen MR) is 160 cm³/mol. The molecule has 1 heterocycles. The lowest BCUT2D eigenvalue weighted by molar-refractivity contribution is -0.179. The first-order valence-corrected chi connectivity index (χ1v) is 15.3. The van der Waals surface area contributed by atoms with Gasteiger partial charge in [0.05, 0.1) is 31.5 Å². The van der Waals surface area contributed by atoms with E-state index in [0.29, 0.717) is 30.4 Å². The van der Waals surface area contributed by atoms with E-state index in [2.05, 4.69) is 23.8 Å². The highest BCUT2D eigenvalue weighted by Crippen LogP contribution is 2.33. The van der Waals surface area contributed by atoms with Crippen LogP contribution in [0.15, 0.2) is 60.9 Å². The van der Waals surface area contributed by atoms with Crippen LogP contribution in [0.1, 0.15) is 90.9 Å². The summed E-state index contributed by atoms with van der Waals surface area (Å²) >= 11 is 0. The van der Waals surface area contributed by atoms with Gasteiger partial charge in [-0.1, -0.05) is 108 Å². The average molecular weight is 571 g/mol. The number of nitrogens with zero attached hydrogens (tertiary/aromatic N) is 2. The molecular formula is C34H45F3N2O2. The summed E-state index contributed by atoms with van der Waals surface area (Å²) in [7, 11) is 0. The standard InChI is InChI=1S/C34H45F3N2O2/c1-3-5-7-9-10-12-23-40-32-25-38-33(39-26-32)29-16-14-27(15-17-29)28-18-20-31(21-19-28)41-24-22-30(34(35,36)37)13-11-8-6-4-2/h14-21,25-26,30H,3-13,22-24H2,1-2H3. The van der Waals surface area contributed by atoms with Gasteiger partial charge in [0.1, 0.15) is 5.75 Å². The lowest BCUT2D eigenvalue weighted by Crippen LogP contribution is -2.25. The van der Waals surface area contributed by atoms with Crippen LogP contribution in [0.2, 0.25) is 0 Å². The van der Waals surface area contributed by atoms with Crippen LogP contribution in [0.3, 0.4) is 0 Å². The van der Waals surface area contributed by atoms with E-state index in [1.54, 1.807) is 24.5 Å². The monoisotopic (exact) mass is 570 g/mol. The Hall–Kier alpha value is -3.09. The van der Waals surface area contributed by atoms with E-state index in [4.69, 9.17) is 9.47 Å². The zero-order valence-corrected chi connectivity index (χ0v) is 24.6. The molecule has 0 aliphatic rings. The highest BCUT2D eigenvalue weighted by molar-refractivity contribution is 5.68. The summed E-state index contributed by atoms with van der Waals surface area (Å²) in [6.07, 6.45) is 10.2. The third kappa shape index (κ3) is 11.7. The molecule has 3 aromatic rings. The summed E-state index contributed by atoms with van der Waals surface area (Å²) in [4.78, 5) is 8.92. The molecule has 0 spiro atoms. The van der Waals surface area contributed by atoms with Crippen molar-refractivity contribution in [2.45, 2.75) is 97.1 Å². The Morgan fingerprint density at radius 1 is 0.585 bits per heavy atom. The normalized spacial score (nSPS) is 12.3. The Bertz CT molecular complexity index is 1100. The molecule has 1 aromatic heterocycles. The van der Waals surface area contributed by atoms with Gasteiger partial charge in [-0.25, -0.2) is 9.97 Å². The van der Waals surface area contributed by atoms with Crippen molar-refractivity contribution in [3.63, 3.8) is 0 Å². The lowest BCUT2D eigenvalue weighted by Gasteiger charge is -2.20. The number of halogens is 3. The van der Waals surface area contributed by atoms with Crippen LogP contribution < -0.4 is 9.47 Å². The number of rotatable bonds is 19. The molecule has 0 radical (unpaired) electrons. The van der Waals surface area contributed by atoms with E-state index in [1.807, 2.05) is 36.4 Å². The first-order valence-electron chi connectivity index (χ1n) is 15.3. The molecule has 4 nitrogen and oxygen atoms in total. The maximum atomic E-state index is 13.4. The molecular weight excluding hydrogens is 525 g/mol. The van der Waals surface area contributed by atoms with Crippen LogP contribution in [0.25, 0.3) is 22.5 Å². The van der Waals surface area contributed by atoms with Crippen LogP contribution in [0, 0.1) is 5.92 Å². The van der Waals surface area contributed by atoms with Gasteiger partial charge in [-0.3, -0.25) is 0 Å². The second-order valence-corrected chi connectivity index (χ2v) is 10.7. The summed E-state index contributed by atoms with van der Waals surface area (Å²) in [5.41, 5.74) is 2.92. The average Bonchev–Trinajstić information content (AvgIpc) is 2.98. The number of unbranched alkanes of at least 4 members (excludes halogenated alkanes) is 8. The van der Waals surface area contributed by atoms with Gasteiger partial charge >= 0.3 is 6.18 Å². The second kappa shape index (κ2) is 17.7. The van der Waals surface area contributed by atoms with E-state index in [9.17, 15) is 13.2 Å². The van der Waals surface area contributed by atoms with Gasteiger partial charge in [0.15, 0.2) is 11.6 Å². The molecule has 0 bridgehead atoms. The molecule has 0 fully saturated rings. The fourth-order valence-electron chi connectivity index (χ4n) is 4.78. The van der Waals surface area contributed by atoms with Crippen molar-refractivity contribution in [1.82, 2.24) is 9.97 Å². The van der Waals surface area contributed by atoms with Gasteiger partial charge in [0.2, 0.25) is 0 Å². The van der Waals surface area contributed by atoms with Crippen molar-refractivity contribution < 1.29 is 22.6 Å². The van der Waals surface area contributed by atoms with Gasteiger partial charge in [-0.15, -0.1) is 0 Å². The van der Waals surface area contributed by atoms with Crippen LogP contribution >= 0.6 is 0 Å². The Balaban J connectivity index is 1.45. The van der Waals surface area contributed by atoms with E-state index >= 15 is 0 Å². The van der Waals surface area contributed by atoms with E-state index in [-0.39, 0.29) is 19.4 Å².